The van der Waals surface area contributed by atoms with E-state index in [2.05, 4.69) is 10.4 Å². The monoisotopic (exact) mass is 320 g/mol. The van der Waals surface area contributed by atoms with Crippen molar-refractivity contribution in [1.29, 1.82) is 0 Å². The van der Waals surface area contributed by atoms with Crippen LogP contribution in [0, 0.1) is 11.3 Å². The van der Waals surface area contributed by atoms with Gasteiger partial charge in [-0.2, -0.15) is 5.10 Å². The summed E-state index contributed by atoms with van der Waals surface area (Å²) in [6.45, 7) is 3.28. The predicted octanol–water partition coefficient (Wildman–Crippen LogP) is -0.500. The second-order valence-electron chi connectivity index (χ2n) is 6.38. The van der Waals surface area contributed by atoms with Crippen LogP contribution >= 0.6 is 0 Å². The van der Waals surface area contributed by atoms with E-state index in [1.165, 1.54) is 0 Å². The molecular formula is C15H20N4O4. The van der Waals surface area contributed by atoms with E-state index in [1.54, 1.807) is 22.7 Å². The molecule has 124 valence electrons. The number of ether oxygens (including phenoxy) is 2. The molecule has 2 saturated heterocycles. The van der Waals surface area contributed by atoms with Crippen LogP contribution in [0.5, 0.6) is 5.88 Å². The van der Waals surface area contributed by atoms with Crippen molar-refractivity contribution in [3.05, 3.63) is 11.8 Å². The van der Waals surface area contributed by atoms with Gasteiger partial charge in [0.2, 0.25) is 11.8 Å². The zero-order valence-corrected chi connectivity index (χ0v) is 13.1. The molecule has 0 saturated carbocycles. The number of aromatic nitrogens is 2. The average Bonchev–Trinajstić information content (AvgIpc) is 3.25. The molecule has 3 aliphatic heterocycles. The van der Waals surface area contributed by atoms with Gasteiger partial charge < -0.3 is 19.7 Å². The summed E-state index contributed by atoms with van der Waals surface area (Å²) in [6.07, 6.45) is 0.643. The molecule has 2 amide bonds. The van der Waals surface area contributed by atoms with Crippen LogP contribution in [0.1, 0.15) is 16.9 Å². The van der Waals surface area contributed by atoms with Gasteiger partial charge in [0.25, 0.3) is 5.91 Å². The Morgan fingerprint density at radius 2 is 2.30 bits per heavy atom. The molecule has 4 rings (SSSR count). The molecule has 1 N–H and O–H groups in total. The van der Waals surface area contributed by atoms with Gasteiger partial charge >= 0.3 is 0 Å². The lowest BCUT2D eigenvalue weighted by Gasteiger charge is -2.36. The van der Waals surface area contributed by atoms with E-state index in [9.17, 15) is 9.59 Å². The quantitative estimate of drug-likeness (QED) is 0.794. The number of hydrogen-bond donors (Lipinski definition) is 1. The van der Waals surface area contributed by atoms with Crippen molar-refractivity contribution >= 4 is 11.8 Å². The van der Waals surface area contributed by atoms with E-state index in [1.807, 2.05) is 0 Å². The third-order valence-corrected chi connectivity index (χ3v) is 5.19. The van der Waals surface area contributed by atoms with Crippen molar-refractivity contribution in [3.63, 3.8) is 0 Å². The molecule has 4 heterocycles. The number of nitrogens with one attached hydrogen (secondary N) is 1. The maximum absolute atomic E-state index is 12.8. The summed E-state index contributed by atoms with van der Waals surface area (Å²) < 4.78 is 12.6. The topological polar surface area (TPSA) is 85.7 Å². The lowest BCUT2D eigenvalue weighted by atomic mass is 9.73. The van der Waals surface area contributed by atoms with Gasteiger partial charge in [-0.1, -0.05) is 0 Å². The minimum absolute atomic E-state index is 0.00299. The largest absolute Gasteiger partial charge is 0.476 e. The Balaban J connectivity index is 1.58. The molecule has 8 heteroatoms. The third-order valence-electron chi connectivity index (χ3n) is 5.19. The minimum Gasteiger partial charge on any atom is -0.476 e. The number of hydrogen-bond acceptors (Lipinski definition) is 5. The third kappa shape index (κ3) is 2.12. The second-order valence-corrected chi connectivity index (χ2v) is 6.38. The molecule has 3 aliphatic rings. The fourth-order valence-corrected chi connectivity index (χ4v) is 3.90. The zero-order valence-electron chi connectivity index (χ0n) is 13.1. The zero-order chi connectivity index (χ0) is 16.0. The molecule has 23 heavy (non-hydrogen) atoms. The van der Waals surface area contributed by atoms with Crippen LogP contribution < -0.4 is 10.1 Å². The van der Waals surface area contributed by atoms with E-state index in [0.717, 1.165) is 0 Å². The number of fused-ring (bicyclic) bond motifs is 2. The smallest absolute Gasteiger partial charge is 0.274 e. The maximum atomic E-state index is 12.8. The Morgan fingerprint density at radius 3 is 3.09 bits per heavy atom. The molecule has 2 atom stereocenters. The highest BCUT2D eigenvalue weighted by molar-refractivity contribution is 5.94. The fourth-order valence-electron chi connectivity index (χ4n) is 3.90. The highest BCUT2D eigenvalue weighted by Crippen LogP contribution is 2.42. The Bertz CT molecular complexity index is 636. The average molecular weight is 320 g/mol. The van der Waals surface area contributed by atoms with Crippen LogP contribution in [0.4, 0.5) is 0 Å². The summed E-state index contributed by atoms with van der Waals surface area (Å²) in [4.78, 5) is 26.9. The Hall–Kier alpha value is -2.09. The molecule has 0 spiro atoms. The van der Waals surface area contributed by atoms with Gasteiger partial charge in [-0.3, -0.25) is 9.59 Å². The van der Waals surface area contributed by atoms with Crippen molar-refractivity contribution in [2.75, 3.05) is 40.0 Å². The van der Waals surface area contributed by atoms with Crippen LogP contribution in [0.3, 0.4) is 0 Å². The van der Waals surface area contributed by atoms with E-state index in [-0.39, 0.29) is 17.7 Å². The lowest BCUT2D eigenvalue weighted by Crippen LogP contribution is -2.49. The van der Waals surface area contributed by atoms with E-state index >= 15 is 0 Å². The Kier molecular flexibility index (Phi) is 3.29. The summed E-state index contributed by atoms with van der Waals surface area (Å²) in [5, 5.41) is 7.06. The molecular weight excluding hydrogens is 300 g/mol. The predicted molar refractivity (Wildman–Crippen MR) is 79.1 cm³/mol. The number of carbonyl (C=O) groups excluding carboxylic acids is 2. The van der Waals surface area contributed by atoms with Gasteiger partial charge in [-0.25, -0.2) is 4.68 Å². The first-order valence-electron chi connectivity index (χ1n) is 7.94. The first-order valence-corrected chi connectivity index (χ1v) is 7.94. The van der Waals surface area contributed by atoms with E-state index in [0.29, 0.717) is 57.4 Å². The van der Waals surface area contributed by atoms with Crippen molar-refractivity contribution < 1.29 is 19.1 Å². The molecule has 0 radical (unpaired) electrons. The summed E-state index contributed by atoms with van der Waals surface area (Å²) >= 11 is 0. The van der Waals surface area contributed by atoms with Gasteiger partial charge in [0.05, 0.1) is 18.6 Å². The van der Waals surface area contributed by atoms with Gasteiger partial charge in [-0.15, -0.1) is 0 Å². The number of rotatable bonds is 2. The lowest BCUT2D eigenvalue weighted by molar-refractivity contribution is -0.138. The molecule has 0 aromatic carbocycles. The molecule has 1 aromatic heterocycles. The Morgan fingerprint density at radius 1 is 1.43 bits per heavy atom. The standard InChI is InChI=1S/C15H20N4O4/c1-16-14(21)15-2-4-22-8-10(15)7-18(9-15)13(20)11-6-12-19(17-11)3-5-23-12/h6,10H,2-5,7-9H2,1H3,(H,16,21)/t10-,15+/m1/s1. The van der Waals surface area contributed by atoms with E-state index < -0.39 is 5.41 Å². The van der Waals surface area contributed by atoms with E-state index in [4.69, 9.17) is 9.47 Å². The first kappa shape index (κ1) is 14.5. The van der Waals surface area contributed by atoms with Crippen LogP contribution in [-0.4, -0.2) is 66.5 Å². The molecule has 2 fully saturated rings. The van der Waals surface area contributed by atoms with Gasteiger partial charge in [0.1, 0.15) is 6.61 Å². The van der Waals surface area contributed by atoms with Crippen LogP contribution in [0.2, 0.25) is 0 Å². The van der Waals surface area contributed by atoms with Gasteiger partial charge in [-0.05, 0) is 6.42 Å². The summed E-state index contributed by atoms with van der Waals surface area (Å²) in [5.74, 6) is 0.519. The molecule has 0 bridgehead atoms. The second kappa shape index (κ2) is 5.23. The van der Waals surface area contributed by atoms with Crippen LogP contribution in [0.25, 0.3) is 0 Å². The normalized spacial score (nSPS) is 28.9. The summed E-state index contributed by atoms with van der Waals surface area (Å²) in [5.41, 5.74) is -0.159. The molecule has 1 aromatic rings. The maximum Gasteiger partial charge on any atom is 0.274 e. The fraction of sp³-hybridized carbons (Fsp3) is 0.667. The van der Waals surface area contributed by atoms with Gasteiger partial charge in [0, 0.05) is 38.7 Å². The number of carbonyl (C=O) groups is 2. The highest BCUT2D eigenvalue weighted by Gasteiger charge is 2.54. The number of nitrogens with zero attached hydrogens (tertiary/aromatic N) is 3. The SMILES string of the molecule is CNC(=O)[C@]12CCOC[C@H]1CN(C(=O)c1cc3n(n1)CCO3)C2. The molecule has 0 aliphatic carbocycles. The first-order chi connectivity index (χ1) is 11.1. The molecule has 8 nitrogen and oxygen atoms in total. The minimum atomic E-state index is -0.540. The number of amides is 2. The van der Waals surface area contributed by atoms with Crippen LogP contribution in [0.15, 0.2) is 6.07 Å². The van der Waals surface area contributed by atoms with Crippen LogP contribution in [-0.2, 0) is 16.1 Å². The molecule has 0 unspecified atom stereocenters. The van der Waals surface area contributed by atoms with Gasteiger partial charge in [0.15, 0.2) is 5.69 Å². The summed E-state index contributed by atoms with van der Waals surface area (Å²) in [7, 11) is 1.64. The summed E-state index contributed by atoms with van der Waals surface area (Å²) in [6, 6.07) is 1.68. The van der Waals surface area contributed by atoms with Crippen molar-refractivity contribution in [3.8, 4) is 5.88 Å². The number of likely N-dealkylation sites (tertiary alicyclic amines) is 1. The van der Waals surface area contributed by atoms with Crippen molar-refractivity contribution in [1.82, 2.24) is 20.0 Å². The highest BCUT2D eigenvalue weighted by atomic mass is 16.5. The van der Waals surface area contributed by atoms with Crippen molar-refractivity contribution in [2.24, 2.45) is 11.3 Å². The Labute approximate surface area is 133 Å². The van der Waals surface area contributed by atoms with Crippen molar-refractivity contribution in [2.45, 2.75) is 13.0 Å².